The van der Waals surface area contributed by atoms with Gasteiger partial charge < -0.3 is 62.6 Å². The van der Waals surface area contributed by atoms with Crippen LogP contribution < -0.4 is 38.5 Å². The molecular weight excluding hydrogens is 2080 g/mol. The molecule has 50 heteroatoms. The van der Waals surface area contributed by atoms with Gasteiger partial charge in [-0.25, -0.2) is 57.4 Å². The van der Waals surface area contributed by atoms with Crippen LogP contribution >= 0.6 is 31.9 Å². The Bertz CT molecular complexity index is 7510. The van der Waals surface area contributed by atoms with Crippen LogP contribution in [-0.2, 0) is 64.5 Å². The number of Topliss-reactive ketones (excluding diaryl/α,β-unsaturated/α-hetero) is 1. The molecule has 0 bridgehead atoms. The van der Waals surface area contributed by atoms with E-state index in [1.807, 2.05) is 18.2 Å². The van der Waals surface area contributed by atoms with E-state index in [2.05, 4.69) is 139 Å². The highest BCUT2D eigenvalue weighted by molar-refractivity contribution is 9.10. The fourth-order valence-corrected chi connectivity index (χ4v) is 18.5. The number of benzene rings is 4. The van der Waals surface area contributed by atoms with Gasteiger partial charge in [0.05, 0.1) is 91.3 Å². The molecule has 12 aromatic heterocycles. The van der Waals surface area contributed by atoms with E-state index in [4.69, 9.17) is 17.2 Å². The number of nitrogens with zero attached hydrogens (tertiary/aromatic N) is 25. The van der Waals surface area contributed by atoms with Gasteiger partial charge in [0, 0.05) is 124 Å². The predicted molar refractivity (Wildman–Crippen MR) is 542 cm³/mol. The Labute approximate surface area is 864 Å². The average Bonchev–Trinajstić information content (AvgIpc) is 1.63. The monoisotopic (exact) mass is 2160 g/mol. The van der Waals surface area contributed by atoms with E-state index >= 15 is 0 Å². The average molecular weight is 2170 g/mol. The van der Waals surface area contributed by atoms with Gasteiger partial charge in [-0.1, -0.05) is 36.4 Å². The Balaban J connectivity index is 0.000000136. The Morgan fingerprint density at radius 3 is 0.987 bits per heavy atom. The highest BCUT2D eigenvalue weighted by Gasteiger charge is 2.45. The largest absolute Gasteiger partial charge is 0.364 e. The number of nitrogens with two attached hydrogens (primary N) is 3. The van der Waals surface area contributed by atoms with Crippen molar-refractivity contribution in [2.45, 2.75) is 135 Å². The van der Waals surface area contributed by atoms with E-state index in [1.54, 1.807) is 191 Å². The molecule has 4 aliphatic heterocycles. The van der Waals surface area contributed by atoms with Gasteiger partial charge in [0.1, 0.15) is 108 Å². The molecule has 4 saturated heterocycles. The highest BCUT2D eigenvalue weighted by Crippen LogP contribution is 2.36. The SMILES string of the molecule is CC(=O)c1cn(CC(=O)N2C[C@H](F)C[C@H]2C(=O)Nc2cccc(Br)n2)c2ccc(-c3cnc(C)nc3)cc12.Cc1cncc(NC(=O)[C@@H]2C[C@@H](F)CN2C(=O)Cn2nc(C(N)=O)c3cc(-c4ccnnc4)ccc32)n1.Cc1cncc(NC(=O)[C@@H]2C[C@@H](F)CN2C(=O)Cn2nc(C(N)=O)c3cc(-c4ccnnc4)ccc32)n1.Cc1ncc(-c2ccc3c(c2)c(C(N)=O)nn3CC(=O)N2C[C@H](F)C[C@H]2C(=O)Nc2cccc(Br)n2)cn1. The van der Waals surface area contributed by atoms with E-state index < -0.39 is 114 Å². The number of primary amides is 3. The minimum atomic E-state index is -1.37. The molecule has 20 rings (SSSR count). The van der Waals surface area contributed by atoms with Gasteiger partial charge in [-0.2, -0.15) is 35.7 Å². The van der Waals surface area contributed by atoms with Crippen molar-refractivity contribution in [1.82, 2.24) is 124 Å². The lowest BCUT2D eigenvalue weighted by atomic mass is 10.0. The van der Waals surface area contributed by atoms with Crippen molar-refractivity contribution in [3.05, 3.63) is 257 Å². The summed E-state index contributed by atoms with van der Waals surface area (Å²) in [6, 6.07) is 30.7. The summed E-state index contributed by atoms with van der Waals surface area (Å²) in [4.78, 5) is 200. The van der Waals surface area contributed by atoms with Crippen LogP contribution in [-0.4, -0.2) is 270 Å². The molecule has 16 heterocycles. The number of hydrogen-bond acceptors (Lipinski definition) is 29. The minimum absolute atomic E-state index is 0.0104. The first-order valence-corrected chi connectivity index (χ1v) is 48.0. The zero-order valence-corrected chi connectivity index (χ0v) is 83.4. The number of hydrogen-bond donors (Lipinski definition) is 7. The van der Waals surface area contributed by atoms with Crippen LogP contribution in [0.5, 0.6) is 0 Å². The van der Waals surface area contributed by atoms with Crippen LogP contribution in [0.2, 0.25) is 0 Å². The van der Waals surface area contributed by atoms with Crippen molar-refractivity contribution in [1.29, 1.82) is 0 Å². The number of amides is 11. The zero-order valence-electron chi connectivity index (χ0n) is 80.2. The third-order valence-corrected chi connectivity index (χ3v) is 25.8. The molecule has 4 aromatic carbocycles. The van der Waals surface area contributed by atoms with E-state index in [1.165, 1.54) is 65.4 Å². The summed E-state index contributed by atoms with van der Waals surface area (Å²) in [6.07, 6.45) is 14.5. The van der Waals surface area contributed by atoms with Crippen LogP contribution in [0.1, 0.15) is 97.5 Å². The van der Waals surface area contributed by atoms with Crippen LogP contribution in [0.15, 0.2) is 211 Å². The number of likely N-dealkylation sites (tertiary alicyclic amines) is 4. The number of pyridine rings is 2. The number of anilines is 4. The maximum Gasteiger partial charge on any atom is 0.269 e. The Hall–Kier alpha value is -17.9. The third kappa shape index (κ3) is 23.8. The molecule has 764 valence electrons. The molecule has 0 spiro atoms. The third-order valence-electron chi connectivity index (χ3n) is 24.9. The number of alkyl halides is 4. The second-order valence-electron chi connectivity index (χ2n) is 35.4. The number of carbonyl (C=O) groups excluding carboxylic acids is 12. The lowest BCUT2D eigenvalue weighted by molar-refractivity contribution is -0.137. The van der Waals surface area contributed by atoms with E-state index in [0.717, 1.165) is 44.5 Å². The van der Waals surface area contributed by atoms with Gasteiger partial charge in [0.25, 0.3) is 17.7 Å². The Morgan fingerprint density at radius 1 is 0.353 bits per heavy atom. The summed E-state index contributed by atoms with van der Waals surface area (Å²) in [5.41, 5.74) is 26.6. The standard InChI is InChI=1S/C27H24BrFN6O3.C25H22BrFN8O3.2C24H22FN9O3/c1-15(36)21-13-34(22-7-6-17(8-20(21)22)18-10-30-16(2)31-11-18)14-26(37)35-12-19(29)9-23(35)27(38)33-25-5-3-4-24(28)32-25;1-13-29-9-15(10-30-13)14-5-6-18-17(7-14)23(24(28)37)33-35(18)12-22(36)34-11-16(27)8-19(34)25(38)32-21-4-2-3-20(26)31-21;2*1-13-8-27-10-20(30-13)31-24(37)19-7-16(25)11-33(19)21(35)12-34-18-3-2-14(15-4-5-28-29-9-15)6-17(18)22(32-34)23(26)36/h3-8,10-11,13,19,23H,9,12,14H2,1-2H3,(H,32,33,38);2-7,9-10,16,19H,8,11-12H2,1H3,(H2,28,37)(H,31,32,38);2*2-6,8-10,16,19H,7,11-12H2,1H3,(H2,26,36)(H,30,31,37)/t19-,23+;3*16-,19+/m1111/s1. The number of halogens is 6. The quantitative estimate of drug-likeness (QED) is 0.0168. The van der Waals surface area contributed by atoms with Crippen molar-refractivity contribution < 1.29 is 75.1 Å². The molecule has 11 amide bonds. The zero-order chi connectivity index (χ0) is 106. The first-order chi connectivity index (χ1) is 72.0. The minimum Gasteiger partial charge on any atom is -0.364 e. The first-order valence-electron chi connectivity index (χ1n) is 46.5. The lowest BCUT2D eigenvalue weighted by Crippen LogP contribution is -2.44. The highest BCUT2D eigenvalue weighted by atomic mass is 79.9. The number of fused-ring (bicyclic) bond motifs is 4. The molecule has 0 aliphatic carbocycles. The van der Waals surface area contributed by atoms with E-state index in [9.17, 15) is 75.1 Å². The van der Waals surface area contributed by atoms with Crippen molar-refractivity contribution in [3.8, 4) is 44.5 Å². The molecule has 150 heavy (non-hydrogen) atoms. The molecule has 0 saturated carbocycles. The van der Waals surface area contributed by atoms with Gasteiger partial charge in [0.15, 0.2) is 34.5 Å². The van der Waals surface area contributed by atoms with Gasteiger partial charge >= 0.3 is 0 Å². The fraction of sp³-hybridized carbons (Fsp3) is 0.250. The fourth-order valence-electron chi connectivity index (χ4n) is 17.8. The summed E-state index contributed by atoms with van der Waals surface area (Å²) in [6.45, 7) is 6.48. The Kier molecular flexibility index (Phi) is 31.1. The summed E-state index contributed by atoms with van der Waals surface area (Å²) < 4.78 is 64.3. The van der Waals surface area contributed by atoms with Crippen LogP contribution in [0, 0.1) is 27.7 Å². The van der Waals surface area contributed by atoms with Gasteiger partial charge in [-0.15, -0.1) is 0 Å². The number of nitrogens with one attached hydrogen (secondary N) is 4. The summed E-state index contributed by atoms with van der Waals surface area (Å²) in [5.74, 6) is -4.33. The summed E-state index contributed by atoms with van der Waals surface area (Å²) in [7, 11) is 0. The molecule has 16 aromatic rings. The number of ketones is 1. The molecule has 0 radical (unpaired) electrons. The lowest BCUT2D eigenvalue weighted by Gasteiger charge is -2.24. The van der Waals surface area contributed by atoms with Gasteiger partial charge in [-0.05, 0) is 174 Å². The first kappa shape index (κ1) is 104. The van der Waals surface area contributed by atoms with Gasteiger partial charge in [0.2, 0.25) is 47.3 Å². The van der Waals surface area contributed by atoms with Crippen LogP contribution in [0.4, 0.5) is 40.8 Å². The van der Waals surface area contributed by atoms with Crippen molar-refractivity contribution in [3.63, 3.8) is 0 Å². The molecule has 4 fully saturated rings. The molecule has 8 atom stereocenters. The number of aromatic nitrogens is 21. The normalized spacial score (nSPS) is 17.1. The molecule has 44 nitrogen and oxygen atoms in total. The molecule has 10 N–H and O–H groups in total. The number of carbonyl (C=O) groups is 12. The van der Waals surface area contributed by atoms with Gasteiger partial charge in [-0.3, -0.25) is 81.5 Å². The van der Waals surface area contributed by atoms with Crippen molar-refractivity contribution >= 4 is 170 Å². The van der Waals surface area contributed by atoms with Crippen LogP contribution in [0.25, 0.3) is 88.1 Å². The number of rotatable bonds is 24. The van der Waals surface area contributed by atoms with Crippen molar-refractivity contribution in [2.24, 2.45) is 17.2 Å². The van der Waals surface area contributed by atoms with Crippen molar-refractivity contribution in [2.75, 3.05) is 47.4 Å². The second kappa shape index (κ2) is 45.0. The molecular formula is C100H90Br2F4N32O12. The van der Waals surface area contributed by atoms with E-state index in [0.29, 0.717) is 87.2 Å². The second-order valence-corrected chi connectivity index (χ2v) is 37.0. The molecule has 4 aliphatic rings. The Morgan fingerprint density at radius 2 is 0.673 bits per heavy atom. The summed E-state index contributed by atoms with van der Waals surface area (Å²) in [5, 5.41) is 40.6. The smallest absolute Gasteiger partial charge is 0.269 e. The summed E-state index contributed by atoms with van der Waals surface area (Å²) >= 11 is 6.48. The molecule has 0 unspecified atom stereocenters. The maximum atomic E-state index is 14.4. The van der Waals surface area contributed by atoms with Crippen LogP contribution in [0.3, 0.4) is 0 Å². The topological polar surface area (TPSA) is 583 Å². The van der Waals surface area contributed by atoms with E-state index in [-0.39, 0.29) is 118 Å². The maximum absolute atomic E-state index is 14.4. The number of aryl methyl sites for hydroxylation is 4. The predicted octanol–water partition coefficient (Wildman–Crippen LogP) is 9.52.